The van der Waals surface area contributed by atoms with Crippen LogP contribution in [-0.4, -0.2) is 24.9 Å². The fourth-order valence-corrected chi connectivity index (χ4v) is 1.62. The molecule has 0 aromatic heterocycles. The van der Waals surface area contributed by atoms with Crippen LogP contribution in [0.25, 0.3) is 0 Å². The van der Waals surface area contributed by atoms with Crippen LogP contribution in [0.15, 0.2) is 18.2 Å². The summed E-state index contributed by atoms with van der Waals surface area (Å²) in [7, 11) is 0. The molecular weight excluding hydrogens is 254 g/mol. The maximum absolute atomic E-state index is 11.9. The zero-order chi connectivity index (χ0) is 13.5. The molecule has 6 heteroatoms. The van der Waals surface area contributed by atoms with Gasteiger partial charge in [-0.2, -0.15) is 0 Å². The van der Waals surface area contributed by atoms with Crippen molar-refractivity contribution in [3.05, 3.63) is 28.8 Å². The fourth-order valence-electron chi connectivity index (χ4n) is 1.44. The minimum atomic E-state index is -0.451. The van der Waals surface area contributed by atoms with Gasteiger partial charge in [0.2, 0.25) is 5.91 Å². The van der Waals surface area contributed by atoms with Crippen molar-refractivity contribution in [3.8, 4) is 0 Å². The number of anilines is 1. The molecule has 1 aromatic carbocycles. The van der Waals surface area contributed by atoms with Crippen molar-refractivity contribution in [2.24, 2.45) is 5.73 Å². The lowest BCUT2D eigenvalue weighted by molar-refractivity contribution is -0.117. The zero-order valence-corrected chi connectivity index (χ0v) is 10.9. The normalized spacial score (nSPS) is 9.89. The van der Waals surface area contributed by atoms with Gasteiger partial charge in [0.1, 0.15) is 0 Å². The molecule has 5 nitrogen and oxygen atoms in total. The third-order valence-electron chi connectivity index (χ3n) is 2.25. The minimum absolute atomic E-state index is 0.114. The lowest BCUT2D eigenvalue weighted by Crippen LogP contribution is -2.28. The van der Waals surface area contributed by atoms with Crippen molar-refractivity contribution in [3.63, 3.8) is 0 Å². The Bertz CT molecular complexity index is 449. The SMILES string of the molecule is CCNc1ccc(Cl)cc1C(=O)NCCC(N)=O. The maximum atomic E-state index is 11.9. The summed E-state index contributed by atoms with van der Waals surface area (Å²) in [6.45, 7) is 2.85. The van der Waals surface area contributed by atoms with Crippen molar-refractivity contribution in [2.75, 3.05) is 18.4 Å². The molecule has 0 heterocycles. The van der Waals surface area contributed by atoms with Crippen LogP contribution in [0.4, 0.5) is 5.69 Å². The van der Waals surface area contributed by atoms with Gasteiger partial charge in [-0.05, 0) is 25.1 Å². The van der Waals surface area contributed by atoms with Gasteiger partial charge in [-0.25, -0.2) is 0 Å². The number of amides is 2. The van der Waals surface area contributed by atoms with Gasteiger partial charge < -0.3 is 16.4 Å². The molecule has 0 saturated heterocycles. The second-order valence-corrected chi connectivity index (χ2v) is 4.13. The number of rotatable bonds is 6. The highest BCUT2D eigenvalue weighted by Crippen LogP contribution is 2.20. The van der Waals surface area contributed by atoms with Gasteiger partial charge in [-0.15, -0.1) is 0 Å². The monoisotopic (exact) mass is 269 g/mol. The van der Waals surface area contributed by atoms with Crippen LogP contribution >= 0.6 is 11.6 Å². The predicted octanol–water partition coefficient (Wildman–Crippen LogP) is 1.38. The average molecular weight is 270 g/mol. The third kappa shape index (κ3) is 4.25. The summed E-state index contributed by atoms with van der Waals surface area (Å²) in [6.07, 6.45) is 0.114. The van der Waals surface area contributed by atoms with Crippen molar-refractivity contribution in [1.82, 2.24) is 5.32 Å². The van der Waals surface area contributed by atoms with Crippen LogP contribution in [0.1, 0.15) is 23.7 Å². The van der Waals surface area contributed by atoms with Gasteiger partial charge in [0.25, 0.3) is 5.91 Å². The molecule has 0 unspecified atom stereocenters. The Labute approximate surface area is 111 Å². The Morgan fingerprint density at radius 1 is 1.39 bits per heavy atom. The number of nitrogens with two attached hydrogens (primary N) is 1. The van der Waals surface area contributed by atoms with Crippen LogP contribution in [0, 0.1) is 0 Å². The highest BCUT2D eigenvalue weighted by atomic mass is 35.5. The Kier molecular flexibility index (Phi) is 5.45. The largest absolute Gasteiger partial charge is 0.385 e. The molecule has 0 saturated carbocycles. The van der Waals surface area contributed by atoms with Crippen LogP contribution in [0.2, 0.25) is 5.02 Å². The highest BCUT2D eigenvalue weighted by Gasteiger charge is 2.11. The molecule has 0 atom stereocenters. The molecule has 4 N–H and O–H groups in total. The number of nitrogens with one attached hydrogen (secondary N) is 2. The summed E-state index contributed by atoms with van der Waals surface area (Å²) < 4.78 is 0. The topological polar surface area (TPSA) is 84.2 Å². The summed E-state index contributed by atoms with van der Waals surface area (Å²) in [5.41, 5.74) is 6.15. The van der Waals surface area contributed by atoms with E-state index < -0.39 is 5.91 Å². The number of carbonyl (C=O) groups is 2. The molecule has 98 valence electrons. The van der Waals surface area contributed by atoms with Crippen LogP contribution in [0.3, 0.4) is 0 Å². The number of hydrogen-bond donors (Lipinski definition) is 3. The van der Waals surface area contributed by atoms with E-state index in [1.807, 2.05) is 6.92 Å². The van der Waals surface area contributed by atoms with E-state index in [0.717, 1.165) is 0 Å². The summed E-state index contributed by atoms with van der Waals surface area (Å²) in [5, 5.41) is 6.17. The van der Waals surface area contributed by atoms with Gasteiger partial charge in [0, 0.05) is 30.2 Å². The van der Waals surface area contributed by atoms with Gasteiger partial charge >= 0.3 is 0 Å². The first-order valence-electron chi connectivity index (χ1n) is 5.64. The summed E-state index contributed by atoms with van der Waals surface area (Å²) in [5.74, 6) is -0.733. The summed E-state index contributed by atoms with van der Waals surface area (Å²) >= 11 is 5.86. The van der Waals surface area contributed by atoms with E-state index in [1.165, 1.54) is 0 Å². The number of primary amides is 1. The Morgan fingerprint density at radius 3 is 2.72 bits per heavy atom. The van der Waals surface area contributed by atoms with Gasteiger partial charge in [-0.3, -0.25) is 9.59 Å². The van der Waals surface area contributed by atoms with Crippen molar-refractivity contribution < 1.29 is 9.59 Å². The van der Waals surface area contributed by atoms with Gasteiger partial charge in [0.05, 0.1) is 5.56 Å². The van der Waals surface area contributed by atoms with E-state index in [2.05, 4.69) is 10.6 Å². The van der Waals surface area contributed by atoms with Crippen molar-refractivity contribution in [1.29, 1.82) is 0 Å². The van der Waals surface area contributed by atoms with E-state index >= 15 is 0 Å². The van der Waals surface area contributed by atoms with E-state index in [-0.39, 0.29) is 18.9 Å². The molecule has 0 aliphatic rings. The second kappa shape index (κ2) is 6.86. The Balaban J connectivity index is 2.76. The van der Waals surface area contributed by atoms with E-state index in [4.69, 9.17) is 17.3 Å². The molecule has 0 aliphatic heterocycles. The smallest absolute Gasteiger partial charge is 0.253 e. The molecule has 0 bridgehead atoms. The number of hydrogen-bond acceptors (Lipinski definition) is 3. The molecule has 2 amide bonds. The maximum Gasteiger partial charge on any atom is 0.253 e. The first kappa shape index (κ1) is 14.3. The molecule has 0 radical (unpaired) electrons. The number of halogens is 1. The van der Waals surface area contributed by atoms with E-state index in [1.54, 1.807) is 18.2 Å². The molecule has 18 heavy (non-hydrogen) atoms. The van der Waals surface area contributed by atoms with Gasteiger partial charge in [-0.1, -0.05) is 11.6 Å². The molecule has 0 spiro atoms. The molecule has 1 aromatic rings. The van der Waals surface area contributed by atoms with Gasteiger partial charge in [0.15, 0.2) is 0 Å². The molecule has 0 aliphatic carbocycles. The van der Waals surface area contributed by atoms with Crippen molar-refractivity contribution >= 4 is 29.1 Å². The van der Waals surface area contributed by atoms with Crippen LogP contribution in [0.5, 0.6) is 0 Å². The summed E-state index contributed by atoms with van der Waals surface area (Å²) in [4.78, 5) is 22.5. The average Bonchev–Trinajstić information content (AvgIpc) is 2.31. The standard InChI is InChI=1S/C12H16ClN3O2/c1-2-15-10-4-3-8(13)7-9(10)12(18)16-6-5-11(14)17/h3-4,7,15H,2,5-6H2,1H3,(H2,14,17)(H,16,18). The zero-order valence-electron chi connectivity index (χ0n) is 10.1. The number of carbonyl (C=O) groups excluding carboxylic acids is 2. The quantitative estimate of drug-likeness (QED) is 0.729. The lowest BCUT2D eigenvalue weighted by atomic mass is 10.1. The lowest BCUT2D eigenvalue weighted by Gasteiger charge is -2.11. The third-order valence-corrected chi connectivity index (χ3v) is 2.49. The first-order valence-corrected chi connectivity index (χ1v) is 6.02. The van der Waals surface area contributed by atoms with Crippen molar-refractivity contribution in [2.45, 2.75) is 13.3 Å². The molecule has 0 fully saturated rings. The van der Waals surface area contributed by atoms with E-state index in [9.17, 15) is 9.59 Å². The molecule has 1 rings (SSSR count). The van der Waals surface area contributed by atoms with Crippen LogP contribution in [-0.2, 0) is 4.79 Å². The Morgan fingerprint density at radius 2 is 2.11 bits per heavy atom. The number of benzene rings is 1. The summed E-state index contributed by atoms with van der Waals surface area (Å²) in [6, 6.07) is 5.04. The predicted molar refractivity (Wildman–Crippen MR) is 71.8 cm³/mol. The fraction of sp³-hybridized carbons (Fsp3) is 0.333. The molecular formula is C12H16ClN3O2. The first-order chi connectivity index (χ1) is 8.54. The highest BCUT2D eigenvalue weighted by molar-refractivity contribution is 6.31. The second-order valence-electron chi connectivity index (χ2n) is 3.69. The van der Waals surface area contributed by atoms with Crippen LogP contribution < -0.4 is 16.4 Å². The Hall–Kier alpha value is -1.75. The minimum Gasteiger partial charge on any atom is -0.385 e. The van der Waals surface area contributed by atoms with E-state index in [0.29, 0.717) is 22.8 Å².